The van der Waals surface area contributed by atoms with Crippen LogP contribution in [0, 0.1) is 0 Å². The van der Waals surface area contributed by atoms with Crippen LogP contribution in [0.1, 0.15) is 31.9 Å². The Morgan fingerprint density at radius 2 is 1.86 bits per heavy atom. The van der Waals surface area contributed by atoms with Crippen molar-refractivity contribution >= 4 is 16.4 Å². The van der Waals surface area contributed by atoms with Crippen LogP contribution in [-0.4, -0.2) is 31.5 Å². The Bertz CT molecular complexity index is 997. The van der Waals surface area contributed by atoms with Crippen LogP contribution in [-0.2, 0) is 28.2 Å². The molecule has 8 nitrogen and oxygen atoms in total. The Morgan fingerprint density at radius 1 is 1.17 bits per heavy atom. The van der Waals surface area contributed by atoms with E-state index in [0.29, 0.717) is 22.2 Å². The number of methoxy groups -OCH3 is 1. The van der Waals surface area contributed by atoms with Gasteiger partial charge in [-0.25, -0.2) is 4.79 Å². The number of fused-ring (bicyclic) bond motifs is 1. The van der Waals surface area contributed by atoms with Crippen LogP contribution in [0.25, 0.3) is 0 Å². The summed E-state index contributed by atoms with van der Waals surface area (Å²) in [6, 6.07) is 12.7. The van der Waals surface area contributed by atoms with Gasteiger partial charge in [0.25, 0.3) is 0 Å². The molecule has 29 heavy (non-hydrogen) atoms. The molecule has 1 aliphatic heterocycles. The summed E-state index contributed by atoms with van der Waals surface area (Å²) in [5, 5.41) is 0. The summed E-state index contributed by atoms with van der Waals surface area (Å²) in [5.74, 6) is 0.675. The highest BCUT2D eigenvalue weighted by Gasteiger charge is 2.39. The molecule has 1 aliphatic rings. The van der Waals surface area contributed by atoms with Gasteiger partial charge in [-0.1, -0.05) is 30.3 Å². The lowest BCUT2D eigenvalue weighted by molar-refractivity contribution is 0.0362. The predicted octanol–water partition coefficient (Wildman–Crippen LogP) is 3.65. The fourth-order valence-electron chi connectivity index (χ4n) is 2.67. The maximum absolute atomic E-state index is 12.5. The molecule has 0 N–H and O–H groups in total. The van der Waals surface area contributed by atoms with Crippen LogP contribution < -0.4 is 13.7 Å². The Labute approximate surface area is 170 Å². The van der Waals surface area contributed by atoms with E-state index in [1.807, 2.05) is 30.3 Å². The smallest absolute Gasteiger partial charge is 0.427 e. The van der Waals surface area contributed by atoms with Gasteiger partial charge in [-0.05, 0) is 32.4 Å². The van der Waals surface area contributed by atoms with Gasteiger partial charge in [0.1, 0.15) is 18.0 Å². The highest BCUT2D eigenvalue weighted by molar-refractivity contribution is 7.85. The van der Waals surface area contributed by atoms with Gasteiger partial charge >= 0.3 is 16.4 Å². The number of amides is 1. The molecular weight excluding hydrogens is 398 g/mol. The molecule has 2 aromatic rings. The van der Waals surface area contributed by atoms with E-state index in [0.717, 1.165) is 5.56 Å². The highest BCUT2D eigenvalue weighted by atomic mass is 32.2. The van der Waals surface area contributed by atoms with Crippen LogP contribution in [0.5, 0.6) is 17.2 Å². The van der Waals surface area contributed by atoms with Crippen molar-refractivity contribution in [3.05, 3.63) is 53.6 Å². The van der Waals surface area contributed by atoms with Crippen molar-refractivity contribution in [2.45, 2.75) is 39.5 Å². The second-order valence-corrected chi connectivity index (χ2v) is 8.88. The van der Waals surface area contributed by atoms with Crippen molar-refractivity contribution in [3.8, 4) is 17.2 Å². The summed E-state index contributed by atoms with van der Waals surface area (Å²) in [6.07, 6.45) is -1.02. The molecule has 156 valence electrons. The van der Waals surface area contributed by atoms with Gasteiger partial charge in [-0.2, -0.15) is 12.7 Å². The SMILES string of the molecule is COc1cc(OCc2ccccc2)cc2c1OS(=O)(=O)N(C(=O)OC(C)(C)C)C2. The molecule has 0 bridgehead atoms. The molecule has 1 heterocycles. The highest BCUT2D eigenvalue weighted by Crippen LogP contribution is 2.41. The molecule has 0 aliphatic carbocycles. The van der Waals surface area contributed by atoms with E-state index >= 15 is 0 Å². The largest absolute Gasteiger partial charge is 0.493 e. The number of benzene rings is 2. The lowest BCUT2D eigenvalue weighted by Gasteiger charge is -2.30. The van der Waals surface area contributed by atoms with Crippen LogP contribution >= 0.6 is 0 Å². The molecule has 0 saturated heterocycles. The normalized spacial score (nSPS) is 15.1. The van der Waals surface area contributed by atoms with Gasteiger partial charge in [0.05, 0.1) is 13.7 Å². The van der Waals surface area contributed by atoms with Gasteiger partial charge in [0, 0.05) is 11.6 Å². The van der Waals surface area contributed by atoms with E-state index in [2.05, 4.69) is 0 Å². The van der Waals surface area contributed by atoms with Gasteiger partial charge < -0.3 is 18.4 Å². The van der Waals surface area contributed by atoms with E-state index in [9.17, 15) is 13.2 Å². The van der Waals surface area contributed by atoms with E-state index in [-0.39, 0.29) is 18.0 Å². The number of carbonyl (C=O) groups is 1. The number of hydrogen-bond donors (Lipinski definition) is 0. The molecule has 1 amide bonds. The number of nitrogens with zero attached hydrogens (tertiary/aromatic N) is 1. The van der Waals surface area contributed by atoms with Crippen LogP contribution in [0.2, 0.25) is 0 Å². The lowest BCUT2D eigenvalue weighted by Crippen LogP contribution is -2.44. The Kier molecular flexibility index (Phi) is 5.61. The molecule has 0 fully saturated rings. The summed E-state index contributed by atoms with van der Waals surface area (Å²) >= 11 is 0. The maximum atomic E-state index is 12.5. The molecule has 3 rings (SSSR count). The van der Waals surface area contributed by atoms with Crippen molar-refractivity contribution in [1.82, 2.24) is 4.31 Å². The first-order chi connectivity index (χ1) is 13.6. The van der Waals surface area contributed by atoms with Crippen LogP contribution in [0.3, 0.4) is 0 Å². The van der Waals surface area contributed by atoms with Crippen molar-refractivity contribution in [2.24, 2.45) is 0 Å². The van der Waals surface area contributed by atoms with Crippen molar-refractivity contribution in [1.29, 1.82) is 0 Å². The number of hydrogen-bond acceptors (Lipinski definition) is 7. The summed E-state index contributed by atoms with van der Waals surface area (Å²) in [4.78, 5) is 12.4. The minimum atomic E-state index is -4.37. The zero-order valence-electron chi connectivity index (χ0n) is 16.7. The van der Waals surface area contributed by atoms with Crippen molar-refractivity contribution in [2.75, 3.05) is 7.11 Å². The van der Waals surface area contributed by atoms with Gasteiger partial charge in [0.2, 0.25) is 0 Å². The van der Waals surface area contributed by atoms with Gasteiger partial charge in [0.15, 0.2) is 11.5 Å². The van der Waals surface area contributed by atoms with E-state index < -0.39 is 22.0 Å². The molecule has 2 aromatic carbocycles. The summed E-state index contributed by atoms with van der Waals surface area (Å²) in [5.41, 5.74) is 0.539. The quantitative estimate of drug-likeness (QED) is 0.744. The first-order valence-electron chi connectivity index (χ1n) is 8.92. The summed E-state index contributed by atoms with van der Waals surface area (Å²) in [7, 11) is -2.98. The molecule has 9 heteroatoms. The Morgan fingerprint density at radius 3 is 2.48 bits per heavy atom. The Hall–Kier alpha value is -2.94. The van der Waals surface area contributed by atoms with Crippen molar-refractivity contribution in [3.63, 3.8) is 0 Å². The summed E-state index contributed by atoms with van der Waals surface area (Å²) in [6.45, 7) is 5.00. The molecule has 0 aromatic heterocycles. The van der Waals surface area contributed by atoms with Crippen LogP contribution in [0.15, 0.2) is 42.5 Å². The molecule has 0 radical (unpaired) electrons. The average Bonchev–Trinajstić information content (AvgIpc) is 2.64. The standard InChI is InChI=1S/C20H23NO7S/c1-20(2,3)27-19(22)21-12-15-10-16(26-13-14-8-6-5-7-9-14)11-17(25-4)18(15)28-29(21,23)24/h5-11H,12-13H2,1-4H3. The summed E-state index contributed by atoms with van der Waals surface area (Å²) < 4.78 is 46.8. The van der Waals surface area contributed by atoms with E-state index in [1.54, 1.807) is 32.9 Å². The monoisotopic (exact) mass is 421 g/mol. The fourth-order valence-corrected chi connectivity index (χ4v) is 3.68. The zero-order chi connectivity index (χ0) is 21.2. The third kappa shape index (κ3) is 4.92. The molecule has 0 atom stereocenters. The second-order valence-electron chi connectivity index (χ2n) is 7.42. The first-order valence-corrected chi connectivity index (χ1v) is 10.3. The lowest BCUT2D eigenvalue weighted by atomic mass is 10.1. The van der Waals surface area contributed by atoms with E-state index in [4.69, 9.17) is 18.4 Å². The fraction of sp³-hybridized carbons (Fsp3) is 0.350. The van der Waals surface area contributed by atoms with Gasteiger partial charge in [-0.15, -0.1) is 0 Å². The van der Waals surface area contributed by atoms with E-state index in [1.165, 1.54) is 7.11 Å². The minimum Gasteiger partial charge on any atom is -0.493 e. The average molecular weight is 421 g/mol. The maximum Gasteiger partial charge on any atom is 0.427 e. The third-order valence-electron chi connectivity index (χ3n) is 3.94. The second kappa shape index (κ2) is 7.82. The molecule has 0 unspecified atom stereocenters. The first kappa shape index (κ1) is 20.8. The van der Waals surface area contributed by atoms with Crippen LogP contribution in [0.4, 0.5) is 4.79 Å². The predicted molar refractivity (Wildman–Crippen MR) is 105 cm³/mol. The Balaban J connectivity index is 1.89. The van der Waals surface area contributed by atoms with Gasteiger partial charge in [-0.3, -0.25) is 0 Å². The number of rotatable bonds is 4. The minimum absolute atomic E-state index is 0.0272. The number of carbonyl (C=O) groups excluding carboxylic acids is 1. The molecule has 0 spiro atoms. The van der Waals surface area contributed by atoms with Crippen molar-refractivity contribution < 1.29 is 31.6 Å². The molecule has 0 saturated carbocycles. The third-order valence-corrected chi connectivity index (χ3v) is 5.14. The zero-order valence-corrected chi connectivity index (χ0v) is 17.5. The molecular formula is C20H23NO7S. The topological polar surface area (TPSA) is 91.4 Å². The number of ether oxygens (including phenoxy) is 3.